The van der Waals surface area contributed by atoms with Crippen LogP contribution >= 0.6 is 0 Å². The van der Waals surface area contributed by atoms with Crippen molar-refractivity contribution in [2.45, 2.75) is 0 Å². The molecule has 1 heterocycles. The first-order valence-electron chi connectivity index (χ1n) is 2.68. The number of carbonyl (C=O) groups is 1. The van der Waals surface area contributed by atoms with Crippen molar-refractivity contribution in [2.24, 2.45) is 0 Å². The van der Waals surface area contributed by atoms with Crippen LogP contribution in [0.3, 0.4) is 0 Å². The van der Waals surface area contributed by atoms with Crippen LogP contribution in [0.1, 0.15) is 0 Å². The van der Waals surface area contributed by atoms with Gasteiger partial charge in [-0.15, -0.1) is 0 Å². The lowest BCUT2D eigenvalue weighted by atomic mass is 10.5. The van der Waals surface area contributed by atoms with E-state index in [9.17, 15) is 9.59 Å². The zero-order valence-electron chi connectivity index (χ0n) is 5.31. The molecule has 0 fully saturated rings. The van der Waals surface area contributed by atoms with Gasteiger partial charge in [0, 0.05) is 6.07 Å². The number of ether oxygens (including phenoxy) is 1. The number of hydrogen-bond acceptors (Lipinski definition) is 4. The second kappa shape index (κ2) is 2.87. The molecule has 1 aromatic heterocycles. The molecular weight excluding hydrogens is 152 g/mol. The van der Waals surface area contributed by atoms with Crippen LogP contribution in [0.15, 0.2) is 27.6 Å². The maximum Gasteiger partial charge on any atom is 0.511 e. The molecule has 0 aliphatic carbocycles. The van der Waals surface area contributed by atoms with E-state index in [1.54, 1.807) is 0 Å². The summed E-state index contributed by atoms with van der Waals surface area (Å²) in [5.74, 6) is -0.0166. The first-order valence-corrected chi connectivity index (χ1v) is 2.68. The average Bonchev–Trinajstić information content (AvgIpc) is 1.93. The second-order valence-corrected chi connectivity index (χ2v) is 1.66. The topological polar surface area (TPSA) is 76.7 Å². The molecule has 0 saturated heterocycles. The molecule has 0 unspecified atom stereocenters. The van der Waals surface area contributed by atoms with E-state index in [0.29, 0.717) is 0 Å². The van der Waals surface area contributed by atoms with Crippen LogP contribution in [-0.4, -0.2) is 11.3 Å². The number of rotatable bonds is 1. The third-order valence-corrected chi connectivity index (χ3v) is 0.880. The number of hydrogen-bond donors (Lipinski definition) is 1. The standard InChI is InChI=1S/C6H4O5/c7-5-2-1-4(3-10-5)11-6(8)9/h1-3H,(H,8,9). The minimum absolute atomic E-state index is 0.0166. The molecule has 1 aromatic rings. The highest BCUT2D eigenvalue weighted by Gasteiger charge is 1.99. The maximum atomic E-state index is 10.3. The molecule has 0 bridgehead atoms. The van der Waals surface area contributed by atoms with Crippen LogP contribution in [0, 0.1) is 0 Å². The maximum absolute atomic E-state index is 10.3. The zero-order chi connectivity index (χ0) is 8.27. The fourth-order valence-corrected chi connectivity index (χ4v) is 0.504. The van der Waals surface area contributed by atoms with Gasteiger partial charge in [0.25, 0.3) is 0 Å². The third-order valence-electron chi connectivity index (χ3n) is 0.880. The van der Waals surface area contributed by atoms with Crippen molar-refractivity contribution < 1.29 is 19.1 Å². The zero-order valence-corrected chi connectivity index (χ0v) is 5.31. The highest BCUT2D eigenvalue weighted by molar-refractivity contribution is 5.60. The summed E-state index contributed by atoms with van der Waals surface area (Å²) in [7, 11) is 0. The number of carboxylic acid groups (broad SMARTS) is 1. The first-order chi connectivity index (χ1) is 5.18. The van der Waals surface area contributed by atoms with Gasteiger partial charge in [0.05, 0.1) is 0 Å². The summed E-state index contributed by atoms with van der Waals surface area (Å²) < 4.78 is 8.47. The summed E-state index contributed by atoms with van der Waals surface area (Å²) in [4.78, 5) is 20.2. The average molecular weight is 156 g/mol. The summed E-state index contributed by atoms with van der Waals surface area (Å²) in [6.45, 7) is 0. The molecule has 0 aliphatic rings. The molecule has 0 radical (unpaired) electrons. The fourth-order valence-electron chi connectivity index (χ4n) is 0.504. The molecule has 0 aromatic carbocycles. The Morgan fingerprint density at radius 1 is 1.55 bits per heavy atom. The van der Waals surface area contributed by atoms with Crippen LogP contribution in [0.2, 0.25) is 0 Å². The van der Waals surface area contributed by atoms with Crippen molar-refractivity contribution in [3.63, 3.8) is 0 Å². The molecular formula is C6H4O5. The van der Waals surface area contributed by atoms with Crippen molar-refractivity contribution >= 4 is 6.16 Å². The highest BCUT2D eigenvalue weighted by atomic mass is 16.7. The summed E-state index contributed by atoms with van der Waals surface area (Å²) in [5.41, 5.74) is -0.553. The van der Waals surface area contributed by atoms with Crippen molar-refractivity contribution in [1.82, 2.24) is 0 Å². The van der Waals surface area contributed by atoms with E-state index in [-0.39, 0.29) is 5.75 Å². The van der Waals surface area contributed by atoms with Crippen molar-refractivity contribution in [3.05, 3.63) is 28.8 Å². The van der Waals surface area contributed by atoms with Gasteiger partial charge < -0.3 is 14.3 Å². The molecule has 0 atom stereocenters. The van der Waals surface area contributed by atoms with E-state index >= 15 is 0 Å². The van der Waals surface area contributed by atoms with E-state index in [2.05, 4.69) is 9.15 Å². The van der Waals surface area contributed by atoms with Crippen LogP contribution in [0.4, 0.5) is 4.79 Å². The van der Waals surface area contributed by atoms with Crippen LogP contribution in [-0.2, 0) is 0 Å². The van der Waals surface area contributed by atoms with Crippen LogP contribution < -0.4 is 10.4 Å². The summed E-state index contributed by atoms with van der Waals surface area (Å²) in [6, 6.07) is 2.28. The smallest absolute Gasteiger partial charge is 0.449 e. The Balaban J connectivity index is 2.82. The quantitative estimate of drug-likeness (QED) is 0.605. The molecule has 1 N–H and O–H groups in total. The normalized spacial score (nSPS) is 9.09. The van der Waals surface area contributed by atoms with Crippen molar-refractivity contribution in [2.75, 3.05) is 0 Å². The molecule has 0 amide bonds. The lowest BCUT2D eigenvalue weighted by molar-refractivity contribution is 0.143. The molecule has 58 valence electrons. The molecule has 11 heavy (non-hydrogen) atoms. The lowest BCUT2D eigenvalue weighted by Crippen LogP contribution is -2.04. The van der Waals surface area contributed by atoms with Gasteiger partial charge in [-0.1, -0.05) is 0 Å². The van der Waals surface area contributed by atoms with Crippen LogP contribution in [0.5, 0.6) is 5.75 Å². The van der Waals surface area contributed by atoms with Gasteiger partial charge in [0.1, 0.15) is 6.26 Å². The van der Waals surface area contributed by atoms with Crippen LogP contribution in [0.25, 0.3) is 0 Å². The molecule has 5 nitrogen and oxygen atoms in total. The summed E-state index contributed by atoms with van der Waals surface area (Å²) >= 11 is 0. The lowest BCUT2D eigenvalue weighted by Gasteiger charge is -1.94. The third kappa shape index (κ3) is 2.13. The molecule has 0 saturated carbocycles. The van der Waals surface area contributed by atoms with E-state index in [1.165, 1.54) is 6.07 Å². The van der Waals surface area contributed by atoms with Crippen molar-refractivity contribution in [3.8, 4) is 5.75 Å². The largest absolute Gasteiger partial charge is 0.511 e. The van der Waals surface area contributed by atoms with Crippen molar-refractivity contribution in [1.29, 1.82) is 0 Å². The monoisotopic (exact) mass is 156 g/mol. The van der Waals surface area contributed by atoms with Gasteiger partial charge in [-0.05, 0) is 6.07 Å². The summed E-state index contributed by atoms with van der Waals surface area (Å²) in [5, 5.41) is 8.09. The predicted octanol–water partition coefficient (Wildman–Crippen LogP) is 0.697. The molecule has 0 aliphatic heterocycles. The van der Waals surface area contributed by atoms with E-state index in [0.717, 1.165) is 12.3 Å². The SMILES string of the molecule is O=C(O)Oc1ccc(=O)oc1. The van der Waals surface area contributed by atoms with Gasteiger partial charge in [-0.3, -0.25) is 0 Å². The molecule has 5 heteroatoms. The molecule has 1 rings (SSSR count). The van der Waals surface area contributed by atoms with Gasteiger partial charge in [0.2, 0.25) is 0 Å². The highest BCUT2D eigenvalue weighted by Crippen LogP contribution is 2.05. The summed E-state index contributed by atoms with van der Waals surface area (Å²) in [6.07, 6.45) is -0.518. The van der Waals surface area contributed by atoms with Gasteiger partial charge in [-0.2, -0.15) is 0 Å². The Bertz CT molecular complexity index is 292. The Kier molecular flexibility index (Phi) is 1.91. The van der Waals surface area contributed by atoms with E-state index in [4.69, 9.17) is 5.11 Å². The van der Waals surface area contributed by atoms with Gasteiger partial charge in [-0.25, -0.2) is 9.59 Å². The minimum atomic E-state index is -1.45. The predicted molar refractivity (Wildman–Crippen MR) is 33.6 cm³/mol. The molecule has 0 spiro atoms. The fraction of sp³-hybridized carbons (Fsp3) is 0. The second-order valence-electron chi connectivity index (χ2n) is 1.66. The van der Waals surface area contributed by atoms with E-state index < -0.39 is 11.8 Å². The van der Waals surface area contributed by atoms with E-state index in [1.807, 2.05) is 0 Å². The first kappa shape index (κ1) is 7.33. The Morgan fingerprint density at radius 3 is 2.73 bits per heavy atom. The Morgan fingerprint density at radius 2 is 2.27 bits per heavy atom. The minimum Gasteiger partial charge on any atom is -0.449 e. The Labute approximate surface area is 60.8 Å². The Hall–Kier alpha value is -1.78. The van der Waals surface area contributed by atoms with Gasteiger partial charge in [0.15, 0.2) is 5.75 Å². The van der Waals surface area contributed by atoms with Gasteiger partial charge >= 0.3 is 11.8 Å².